The summed E-state index contributed by atoms with van der Waals surface area (Å²) in [5.74, 6) is 1.97. The van der Waals surface area contributed by atoms with Crippen LogP contribution in [0.3, 0.4) is 0 Å². The van der Waals surface area contributed by atoms with Gasteiger partial charge in [-0.3, -0.25) is 4.79 Å². The Morgan fingerprint density at radius 1 is 1.50 bits per heavy atom. The number of thioether (sulfide) groups is 1. The number of nitrogens with one attached hydrogen (secondary N) is 2. The highest BCUT2D eigenvalue weighted by molar-refractivity contribution is 7.98. The third-order valence-corrected chi connectivity index (χ3v) is 3.33. The van der Waals surface area contributed by atoms with Crippen LogP contribution in [0.4, 0.5) is 0 Å². The van der Waals surface area contributed by atoms with Crippen molar-refractivity contribution in [2.24, 2.45) is 0 Å². The number of hydrogen-bond acceptors (Lipinski definition) is 4. The summed E-state index contributed by atoms with van der Waals surface area (Å²) < 4.78 is 5.15. The van der Waals surface area contributed by atoms with Crippen LogP contribution in [0.15, 0.2) is 22.8 Å². The van der Waals surface area contributed by atoms with Crippen molar-refractivity contribution in [3.05, 3.63) is 24.2 Å². The molecule has 18 heavy (non-hydrogen) atoms. The lowest BCUT2D eigenvalue weighted by atomic mass is 10.2. The van der Waals surface area contributed by atoms with Gasteiger partial charge in [-0.2, -0.15) is 11.8 Å². The first-order valence-corrected chi connectivity index (χ1v) is 7.66. The van der Waals surface area contributed by atoms with E-state index in [1.807, 2.05) is 30.8 Å². The molecular weight excluding hydrogens is 248 g/mol. The number of carbonyl (C=O) groups excluding carboxylic acids is 1. The molecule has 4 nitrogen and oxygen atoms in total. The first kappa shape index (κ1) is 15.1. The summed E-state index contributed by atoms with van der Waals surface area (Å²) in [5.41, 5.74) is 0. The van der Waals surface area contributed by atoms with E-state index in [9.17, 15) is 4.79 Å². The number of unbranched alkanes of at least 4 members (excludes halogenated alkanes) is 1. The molecule has 0 aliphatic carbocycles. The maximum atomic E-state index is 11.7. The van der Waals surface area contributed by atoms with Crippen molar-refractivity contribution >= 4 is 17.7 Å². The predicted molar refractivity (Wildman–Crippen MR) is 75.6 cm³/mol. The van der Waals surface area contributed by atoms with Crippen molar-refractivity contribution in [2.75, 3.05) is 18.6 Å². The average Bonchev–Trinajstić information content (AvgIpc) is 2.88. The van der Waals surface area contributed by atoms with E-state index in [4.69, 9.17) is 4.42 Å². The zero-order chi connectivity index (χ0) is 13.2. The van der Waals surface area contributed by atoms with Crippen molar-refractivity contribution < 1.29 is 9.21 Å². The predicted octanol–water partition coefficient (Wildman–Crippen LogP) is 2.02. The number of furan rings is 1. The first-order chi connectivity index (χ1) is 8.74. The van der Waals surface area contributed by atoms with Crippen LogP contribution in [0, 0.1) is 0 Å². The van der Waals surface area contributed by atoms with Gasteiger partial charge in [-0.1, -0.05) is 0 Å². The zero-order valence-electron chi connectivity index (χ0n) is 11.1. The van der Waals surface area contributed by atoms with Gasteiger partial charge in [-0.25, -0.2) is 0 Å². The fraction of sp³-hybridized carbons (Fsp3) is 0.615. The third kappa shape index (κ3) is 6.12. The maximum absolute atomic E-state index is 11.7. The molecule has 0 spiro atoms. The largest absolute Gasteiger partial charge is 0.467 e. The van der Waals surface area contributed by atoms with Gasteiger partial charge in [0.2, 0.25) is 5.91 Å². The minimum absolute atomic E-state index is 0.0104. The van der Waals surface area contributed by atoms with Gasteiger partial charge in [0.1, 0.15) is 5.76 Å². The minimum Gasteiger partial charge on any atom is -0.467 e. The zero-order valence-corrected chi connectivity index (χ0v) is 11.9. The molecule has 0 aromatic carbocycles. The molecule has 0 radical (unpaired) electrons. The van der Waals surface area contributed by atoms with Crippen molar-refractivity contribution in [2.45, 2.75) is 32.4 Å². The van der Waals surface area contributed by atoms with E-state index in [1.165, 1.54) is 12.2 Å². The van der Waals surface area contributed by atoms with Crippen LogP contribution in [0.1, 0.15) is 25.5 Å². The lowest BCUT2D eigenvalue weighted by Gasteiger charge is -2.13. The molecule has 1 unspecified atom stereocenters. The molecule has 1 aromatic rings. The Hall–Kier alpha value is -0.940. The standard InChI is InChI=1S/C13H22N2O2S/c1-11(14-7-3-4-9-18-2)13(16)15-10-12-6-5-8-17-12/h5-6,8,11,14H,3-4,7,9-10H2,1-2H3,(H,15,16). The van der Waals surface area contributed by atoms with Crippen LogP contribution >= 0.6 is 11.8 Å². The molecule has 0 saturated carbocycles. The SMILES string of the molecule is CSCCCCNC(C)C(=O)NCc1ccco1. The topological polar surface area (TPSA) is 54.3 Å². The molecule has 0 bridgehead atoms. The molecule has 1 amide bonds. The monoisotopic (exact) mass is 270 g/mol. The molecular formula is C13H22N2O2S. The van der Waals surface area contributed by atoms with Gasteiger partial charge >= 0.3 is 0 Å². The summed E-state index contributed by atoms with van der Waals surface area (Å²) in [6, 6.07) is 3.50. The molecule has 0 aliphatic heterocycles. The molecule has 2 N–H and O–H groups in total. The van der Waals surface area contributed by atoms with Gasteiger partial charge in [0.25, 0.3) is 0 Å². The number of rotatable bonds is 9. The second kappa shape index (κ2) is 9.05. The molecule has 0 aliphatic rings. The summed E-state index contributed by atoms with van der Waals surface area (Å²) in [4.78, 5) is 11.7. The maximum Gasteiger partial charge on any atom is 0.237 e. The quantitative estimate of drug-likeness (QED) is 0.674. The Morgan fingerprint density at radius 3 is 3.00 bits per heavy atom. The van der Waals surface area contributed by atoms with Crippen molar-refractivity contribution in [1.82, 2.24) is 10.6 Å². The molecule has 1 rings (SSSR count). The van der Waals surface area contributed by atoms with Gasteiger partial charge in [-0.05, 0) is 50.5 Å². The lowest BCUT2D eigenvalue weighted by molar-refractivity contribution is -0.123. The number of carbonyl (C=O) groups is 1. The van der Waals surface area contributed by atoms with Crippen LogP contribution < -0.4 is 10.6 Å². The van der Waals surface area contributed by atoms with E-state index in [1.54, 1.807) is 6.26 Å². The Bertz CT molecular complexity index is 328. The summed E-state index contributed by atoms with van der Waals surface area (Å²) in [5, 5.41) is 6.06. The van der Waals surface area contributed by atoms with Gasteiger partial charge in [-0.15, -0.1) is 0 Å². The summed E-state index contributed by atoms with van der Waals surface area (Å²) in [6.07, 6.45) is 6.01. The normalized spacial score (nSPS) is 12.3. The van der Waals surface area contributed by atoms with Gasteiger partial charge < -0.3 is 15.1 Å². The van der Waals surface area contributed by atoms with E-state index in [0.717, 1.165) is 18.7 Å². The van der Waals surface area contributed by atoms with E-state index in [-0.39, 0.29) is 11.9 Å². The van der Waals surface area contributed by atoms with Gasteiger partial charge in [0, 0.05) is 0 Å². The highest BCUT2D eigenvalue weighted by atomic mass is 32.2. The highest BCUT2D eigenvalue weighted by Crippen LogP contribution is 2.00. The fourth-order valence-electron chi connectivity index (χ4n) is 1.52. The van der Waals surface area contributed by atoms with Crippen LogP contribution in [-0.2, 0) is 11.3 Å². The Balaban J connectivity index is 2.09. The second-order valence-electron chi connectivity index (χ2n) is 4.17. The van der Waals surface area contributed by atoms with E-state index in [2.05, 4.69) is 16.9 Å². The molecule has 1 atom stereocenters. The minimum atomic E-state index is -0.158. The van der Waals surface area contributed by atoms with Gasteiger partial charge in [0.15, 0.2) is 0 Å². The average molecular weight is 270 g/mol. The second-order valence-corrected chi connectivity index (χ2v) is 5.16. The molecule has 1 heterocycles. The fourth-order valence-corrected chi connectivity index (χ4v) is 2.02. The van der Waals surface area contributed by atoms with Crippen molar-refractivity contribution in [3.63, 3.8) is 0 Å². The van der Waals surface area contributed by atoms with E-state index in [0.29, 0.717) is 6.54 Å². The third-order valence-electron chi connectivity index (χ3n) is 2.64. The molecule has 102 valence electrons. The Kier molecular flexibility index (Phi) is 7.60. The van der Waals surface area contributed by atoms with Crippen LogP contribution in [0.5, 0.6) is 0 Å². The lowest BCUT2D eigenvalue weighted by Crippen LogP contribution is -2.42. The smallest absolute Gasteiger partial charge is 0.237 e. The molecule has 0 saturated heterocycles. The van der Waals surface area contributed by atoms with Crippen LogP contribution in [0.25, 0.3) is 0 Å². The van der Waals surface area contributed by atoms with Crippen LogP contribution in [-0.4, -0.2) is 30.5 Å². The summed E-state index contributed by atoms with van der Waals surface area (Å²) in [6.45, 7) is 3.21. The summed E-state index contributed by atoms with van der Waals surface area (Å²) >= 11 is 1.86. The van der Waals surface area contributed by atoms with E-state index < -0.39 is 0 Å². The van der Waals surface area contributed by atoms with Crippen molar-refractivity contribution in [3.8, 4) is 0 Å². The van der Waals surface area contributed by atoms with Crippen molar-refractivity contribution in [1.29, 1.82) is 0 Å². The Labute approximate surface area is 113 Å². The highest BCUT2D eigenvalue weighted by Gasteiger charge is 2.11. The number of amides is 1. The number of hydrogen-bond donors (Lipinski definition) is 2. The molecule has 5 heteroatoms. The summed E-state index contributed by atoms with van der Waals surface area (Å²) in [7, 11) is 0. The molecule has 1 aromatic heterocycles. The Morgan fingerprint density at radius 2 is 2.33 bits per heavy atom. The molecule has 0 fully saturated rings. The van der Waals surface area contributed by atoms with Crippen LogP contribution in [0.2, 0.25) is 0 Å². The van der Waals surface area contributed by atoms with Gasteiger partial charge in [0.05, 0.1) is 18.8 Å². The first-order valence-electron chi connectivity index (χ1n) is 6.26. The van der Waals surface area contributed by atoms with E-state index >= 15 is 0 Å².